The number of aryl methyl sites for hydroxylation is 2. The highest BCUT2D eigenvalue weighted by molar-refractivity contribution is 5.97. The maximum Gasteiger partial charge on any atom is 0.289 e. The summed E-state index contributed by atoms with van der Waals surface area (Å²) < 4.78 is 10.7. The quantitative estimate of drug-likeness (QED) is 0.939. The van der Waals surface area contributed by atoms with Crippen molar-refractivity contribution in [2.75, 3.05) is 13.1 Å². The SMILES string of the molecule is Cc1oc(C)c(C(=O)NC2CCN(C(=O)c3ccco3)CC2)c1C. The molecule has 1 saturated heterocycles. The zero-order chi connectivity index (χ0) is 17.3. The minimum atomic E-state index is -0.0994. The lowest BCUT2D eigenvalue weighted by Crippen LogP contribution is -2.46. The maximum atomic E-state index is 12.5. The predicted octanol–water partition coefficient (Wildman–Crippen LogP) is 2.83. The molecule has 0 unspecified atom stereocenters. The third-order valence-electron chi connectivity index (χ3n) is 4.64. The molecule has 128 valence electrons. The van der Waals surface area contributed by atoms with Crippen molar-refractivity contribution in [1.29, 1.82) is 0 Å². The highest BCUT2D eigenvalue weighted by atomic mass is 16.3. The molecule has 0 atom stereocenters. The Bertz CT molecular complexity index is 737. The molecule has 1 N–H and O–H groups in total. The fourth-order valence-corrected chi connectivity index (χ4v) is 3.17. The van der Waals surface area contributed by atoms with Crippen molar-refractivity contribution in [3.63, 3.8) is 0 Å². The lowest BCUT2D eigenvalue weighted by Gasteiger charge is -2.31. The van der Waals surface area contributed by atoms with E-state index in [2.05, 4.69) is 5.32 Å². The van der Waals surface area contributed by atoms with Crippen LogP contribution in [0, 0.1) is 20.8 Å². The van der Waals surface area contributed by atoms with Gasteiger partial charge in [-0.1, -0.05) is 0 Å². The van der Waals surface area contributed by atoms with E-state index in [1.165, 1.54) is 6.26 Å². The smallest absolute Gasteiger partial charge is 0.289 e. The zero-order valence-corrected chi connectivity index (χ0v) is 14.2. The minimum Gasteiger partial charge on any atom is -0.466 e. The van der Waals surface area contributed by atoms with Crippen LogP contribution in [-0.2, 0) is 0 Å². The van der Waals surface area contributed by atoms with Crippen LogP contribution in [0.15, 0.2) is 27.2 Å². The fraction of sp³-hybridized carbons (Fsp3) is 0.444. The molecule has 0 bridgehead atoms. The van der Waals surface area contributed by atoms with Gasteiger partial charge in [0, 0.05) is 24.7 Å². The molecule has 3 heterocycles. The molecule has 2 aromatic rings. The van der Waals surface area contributed by atoms with Crippen LogP contribution in [0.25, 0.3) is 0 Å². The van der Waals surface area contributed by atoms with E-state index in [4.69, 9.17) is 8.83 Å². The molecule has 24 heavy (non-hydrogen) atoms. The van der Waals surface area contributed by atoms with Crippen LogP contribution >= 0.6 is 0 Å². The van der Waals surface area contributed by atoms with E-state index in [0.717, 1.165) is 24.2 Å². The number of piperidine rings is 1. The molecular weight excluding hydrogens is 308 g/mol. The Morgan fingerprint density at radius 1 is 1.17 bits per heavy atom. The zero-order valence-electron chi connectivity index (χ0n) is 14.2. The van der Waals surface area contributed by atoms with Gasteiger partial charge in [0.15, 0.2) is 5.76 Å². The number of carbonyl (C=O) groups is 2. The number of nitrogens with zero attached hydrogens (tertiary/aromatic N) is 1. The molecule has 2 amide bonds. The lowest BCUT2D eigenvalue weighted by molar-refractivity contribution is 0.0667. The van der Waals surface area contributed by atoms with Crippen LogP contribution in [-0.4, -0.2) is 35.8 Å². The summed E-state index contributed by atoms with van der Waals surface area (Å²) in [5.41, 5.74) is 1.51. The van der Waals surface area contributed by atoms with E-state index < -0.39 is 0 Å². The second-order valence-electron chi connectivity index (χ2n) is 6.23. The first kappa shape index (κ1) is 16.4. The van der Waals surface area contributed by atoms with Crippen molar-refractivity contribution < 1.29 is 18.4 Å². The summed E-state index contributed by atoms with van der Waals surface area (Å²) in [5.74, 6) is 1.58. The van der Waals surface area contributed by atoms with E-state index in [0.29, 0.717) is 30.2 Å². The van der Waals surface area contributed by atoms with Gasteiger partial charge >= 0.3 is 0 Å². The first-order chi connectivity index (χ1) is 11.5. The molecule has 6 heteroatoms. The second-order valence-corrected chi connectivity index (χ2v) is 6.23. The van der Waals surface area contributed by atoms with Crippen molar-refractivity contribution in [3.05, 3.63) is 46.8 Å². The van der Waals surface area contributed by atoms with E-state index in [1.54, 1.807) is 24.0 Å². The summed E-state index contributed by atoms with van der Waals surface area (Å²) in [4.78, 5) is 26.5. The predicted molar refractivity (Wildman–Crippen MR) is 88.0 cm³/mol. The van der Waals surface area contributed by atoms with Crippen molar-refractivity contribution in [1.82, 2.24) is 10.2 Å². The molecule has 0 saturated carbocycles. The Hall–Kier alpha value is -2.50. The van der Waals surface area contributed by atoms with Gasteiger partial charge in [0.1, 0.15) is 11.5 Å². The summed E-state index contributed by atoms with van der Waals surface area (Å²) in [6.07, 6.45) is 2.96. The van der Waals surface area contributed by atoms with Crippen molar-refractivity contribution >= 4 is 11.8 Å². The summed E-state index contributed by atoms with van der Waals surface area (Å²) in [6.45, 7) is 6.77. The molecule has 2 aromatic heterocycles. The van der Waals surface area contributed by atoms with Crippen molar-refractivity contribution in [2.45, 2.75) is 39.7 Å². The Balaban J connectivity index is 1.57. The number of carbonyl (C=O) groups excluding carboxylic acids is 2. The monoisotopic (exact) mass is 330 g/mol. The number of nitrogens with one attached hydrogen (secondary N) is 1. The molecule has 3 rings (SSSR count). The highest BCUT2D eigenvalue weighted by Gasteiger charge is 2.27. The van der Waals surface area contributed by atoms with Crippen LogP contribution in [0.2, 0.25) is 0 Å². The Labute approximate surface area is 140 Å². The Morgan fingerprint density at radius 3 is 2.42 bits per heavy atom. The van der Waals surface area contributed by atoms with Crippen LogP contribution in [0.1, 0.15) is 50.8 Å². The number of furan rings is 2. The minimum absolute atomic E-state index is 0.0622. The number of likely N-dealkylation sites (tertiary alicyclic amines) is 1. The molecule has 1 fully saturated rings. The molecule has 0 aromatic carbocycles. The van der Waals surface area contributed by atoms with Gasteiger partial charge in [-0.2, -0.15) is 0 Å². The van der Waals surface area contributed by atoms with Gasteiger partial charge in [-0.05, 0) is 45.7 Å². The Morgan fingerprint density at radius 2 is 1.88 bits per heavy atom. The van der Waals surface area contributed by atoms with E-state index >= 15 is 0 Å². The summed E-state index contributed by atoms with van der Waals surface area (Å²) in [5, 5.41) is 3.06. The van der Waals surface area contributed by atoms with E-state index in [9.17, 15) is 9.59 Å². The molecule has 6 nitrogen and oxygen atoms in total. The number of rotatable bonds is 3. The van der Waals surface area contributed by atoms with Gasteiger partial charge in [0.2, 0.25) is 0 Å². The topological polar surface area (TPSA) is 75.7 Å². The fourth-order valence-electron chi connectivity index (χ4n) is 3.17. The molecule has 0 radical (unpaired) electrons. The normalized spacial score (nSPS) is 15.5. The molecule has 1 aliphatic heterocycles. The first-order valence-corrected chi connectivity index (χ1v) is 8.17. The average molecular weight is 330 g/mol. The van der Waals surface area contributed by atoms with Gasteiger partial charge in [-0.3, -0.25) is 9.59 Å². The standard InChI is InChI=1S/C18H22N2O4/c1-11-12(2)24-13(3)16(11)17(21)19-14-6-8-20(9-7-14)18(22)15-5-4-10-23-15/h4-5,10,14H,6-9H2,1-3H3,(H,19,21). The second kappa shape index (κ2) is 6.55. The van der Waals surface area contributed by atoms with Gasteiger partial charge in [-0.25, -0.2) is 0 Å². The number of hydrogen-bond donors (Lipinski definition) is 1. The van der Waals surface area contributed by atoms with Gasteiger partial charge < -0.3 is 19.1 Å². The van der Waals surface area contributed by atoms with Gasteiger partial charge in [0.05, 0.1) is 11.8 Å². The van der Waals surface area contributed by atoms with Crippen LogP contribution in [0.4, 0.5) is 0 Å². The maximum absolute atomic E-state index is 12.5. The number of hydrogen-bond acceptors (Lipinski definition) is 4. The Kier molecular flexibility index (Phi) is 4.46. The third-order valence-corrected chi connectivity index (χ3v) is 4.64. The number of amides is 2. The van der Waals surface area contributed by atoms with E-state index in [1.807, 2.05) is 13.8 Å². The summed E-state index contributed by atoms with van der Waals surface area (Å²) >= 11 is 0. The van der Waals surface area contributed by atoms with Crippen LogP contribution in [0.5, 0.6) is 0 Å². The van der Waals surface area contributed by atoms with Crippen molar-refractivity contribution in [3.8, 4) is 0 Å². The van der Waals surface area contributed by atoms with Gasteiger partial charge in [-0.15, -0.1) is 0 Å². The molecular formula is C18H22N2O4. The lowest BCUT2D eigenvalue weighted by atomic mass is 10.0. The molecule has 0 spiro atoms. The average Bonchev–Trinajstić information content (AvgIpc) is 3.16. The summed E-state index contributed by atoms with van der Waals surface area (Å²) in [6, 6.07) is 3.44. The highest BCUT2D eigenvalue weighted by Crippen LogP contribution is 2.21. The van der Waals surface area contributed by atoms with Crippen LogP contribution < -0.4 is 5.32 Å². The van der Waals surface area contributed by atoms with E-state index in [-0.39, 0.29) is 17.9 Å². The summed E-state index contributed by atoms with van der Waals surface area (Å²) in [7, 11) is 0. The molecule has 1 aliphatic rings. The van der Waals surface area contributed by atoms with Crippen molar-refractivity contribution in [2.24, 2.45) is 0 Å². The van der Waals surface area contributed by atoms with Gasteiger partial charge in [0.25, 0.3) is 11.8 Å². The van der Waals surface area contributed by atoms with Crippen LogP contribution in [0.3, 0.4) is 0 Å². The largest absolute Gasteiger partial charge is 0.466 e. The third kappa shape index (κ3) is 3.09. The first-order valence-electron chi connectivity index (χ1n) is 8.17. The molecule has 0 aliphatic carbocycles.